The van der Waals surface area contributed by atoms with Crippen molar-refractivity contribution in [1.29, 1.82) is 0 Å². The predicted molar refractivity (Wildman–Crippen MR) is 128 cm³/mol. The summed E-state index contributed by atoms with van der Waals surface area (Å²) >= 11 is 0. The quantitative estimate of drug-likeness (QED) is 0.203. The van der Waals surface area contributed by atoms with Gasteiger partial charge in [-0.3, -0.25) is 0 Å². The number of carbonyl (C=O) groups excluding carboxylic acids is 1. The Labute approximate surface area is 217 Å². The molecule has 3 aromatic carbocycles. The van der Waals surface area contributed by atoms with E-state index in [-0.39, 0.29) is 17.5 Å². The van der Waals surface area contributed by atoms with Gasteiger partial charge >= 0.3 is 24.3 Å². The highest BCUT2D eigenvalue weighted by molar-refractivity contribution is 5.91. The van der Waals surface area contributed by atoms with Gasteiger partial charge in [0.05, 0.1) is 18.2 Å². The molecule has 0 saturated carbocycles. The third kappa shape index (κ3) is 7.21. The highest BCUT2D eigenvalue weighted by Gasteiger charge is 2.31. The van der Waals surface area contributed by atoms with Crippen LogP contribution in [0.3, 0.4) is 0 Å². The first-order valence-corrected chi connectivity index (χ1v) is 11.1. The molecule has 0 aliphatic carbocycles. The molecule has 13 heteroatoms. The minimum Gasteiger partial charge on any atom is -0.465 e. The summed E-state index contributed by atoms with van der Waals surface area (Å²) in [6.07, 6.45) is -9.31. The molecule has 0 saturated heterocycles. The number of nitrogens with one attached hydrogen (secondary N) is 1. The monoisotopic (exact) mass is 548 g/mol. The summed E-state index contributed by atoms with van der Waals surface area (Å²) in [6, 6.07) is 16.5. The van der Waals surface area contributed by atoms with Crippen molar-refractivity contribution in [3.63, 3.8) is 0 Å². The zero-order valence-corrected chi connectivity index (χ0v) is 20.0. The smallest absolute Gasteiger partial charge is 0.422 e. The van der Waals surface area contributed by atoms with Crippen LogP contribution >= 0.6 is 0 Å². The van der Waals surface area contributed by atoms with E-state index in [4.69, 9.17) is 9.47 Å². The van der Waals surface area contributed by atoms with Crippen LogP contribution in [-0.4, -0.2) is 40.8 Å². The zero-order valence-electron chi connectivity index (χ0n) is 20.0. The number of methoxy groups -OCH3 is 1. The summed E-state index contributed by atoms with van der Waals surface area (Å²) in [5.41, 5.74) is 0.876. The number of hydrogen-bond donors (Lipinski definition) is 1. The lowest BCUT2D eigenvalue weighted by Gasteiger charge is -2.13. The highest BCUT2D eigenvalue weighted by atomic mass is 19.4. The number of hydrogen-bond acceptors (Lipinski definition) is 7. The Hall–Kier alpha value is -4.68. The van der Waals surface area contributed by atoms with Crippen molar-refractivity contribution in [2.24, 2.45) is 0 Å². The van der Waals surface area contributed by atoms with E-state index in [0.29, 0.717) is 22.3 Å². The Morgan fingerprint density at radius 1 is 0.821 bits per heavy atom. The molecule has 202 valence electrons. The molecular formula is C26H18F6N4O3. The number of rotatable bonds is 7. The Morgan fingerprint density at radius 2 is 1.49 bits per heavy atom. The van der Waals surface area contributed by atoms with E-state index in [0.717, 1.165) is 18.2 Å². The van der Waals surface area contributed by atoms with Gasteiger partial charge in [-0.1, -0.05) is 36.4 Å². The second-order valence-corrected chi connectivity index (χ2v) is 8.03. The van der Waals surface area contributed by atoms with E-state index in [9.17, 15) is 31.1 Å². The number of nitrogens with zero attached hydrogens (tertiary/aromatic N) is 3. The molecule has 0 spiro atoms. The first kappa shape index (κ1) is 27.4. The lowest BCUT2D eigenvalue weighted by molar-refractivity contribution is -0.154. The van der Waals surface area contributed by atoms with Crippen LogP contribution in [0.5, 0.6) is 6.01 Å². The summed E-state index contributed by atoms with van der Waals surface area (Å²) in [5.74, 6) is -0.987. The van der Waals surface area contributed by atoms with Gasteiger partial charge in [0.1, 0.15) is 0 Å². The molecule has 0 atom stereocenters. The van der Waals surface area contributed by atoms with Crippen molar-refractivity contribution in [3.8, 4) is 28.5 Å². The zero-order chi connectivity index (χ0) is 28.2. The molecule has 0 unspecified atom stereocenters. The Morgan fingerprint density at radius 3 is 2.18 bits per heavy atom. The summed E-state index contributed by atoms with van der Waals surface area (Å²) in [7, 11) is 1.25. The molecule has 4 aromatic rings. The van der Waals surface area contributed by atoms with Crippen molar-refractivity contribution in [1.82, 2.24) is 15.0 Å². The number of carbonyl (C=O) groups is 1. The van der Waals surface area contributed by atoms with Crippen LogP contribution in [0.4, 0.5) is 38.0 Å². The van der Waals surface area contributed by atoms with Crippen molar-refractivity contribution < 1.29 is 40.6 Å². The SMILES string of the molecule is COC(=O)c1cccc(-c2cccc(-c3nc(Nc4cccc(C(F)(F)F)c4)nc(OCC(F)(F)F)n3)c2)c1. The lowest BCUT2D eigenvalue weighted by atomic mass is 10.0. The fourth-order valence-electron chi connectivity index (χ4n) is 3.44. The van der Waals surface area contributed by atoms with Crippen molar-refractivity contribution in [2.45, 2.75) is 12.4 Å². The van der Waals surface area contributed by atoms with Gasteiger partial charge in [0.25, 0.3) is 0 Å². The molecule has 7 nitrogen and oxygen atoms in total. The minimum absolute atomic E-state index is 0.0582. The van der Waals surface area contributed by atoms with Gasteiger partial charge in [0.2, 0.25) is 5.95 Å². The normalized spacial score (nSPS) is 11.7. The maximum absolute atomic E-state index is 13.1. The molecule has 0 aliphatic rings. The van der Waals surface area contributed by atoms with Gasteiger partial charge in [0, 0.05) is 11.3 Å². The van der Waals surface area contributed by atoms with Gasteiger partial charge < -0.3 is 14.8 Å². The molecule has 0 bridgehead atoms. The highest BCUT2D eigenvalue weighted by Crippen LogP contribution is 2.32. The summed E-state index contributed by atoms with van der Waals surface area (Å²) in [5, 5.41) is 2.56. The number of aromatic nitrogens is 3. The van der Waals surface area contributed by atoms with Gasteiger partial charge in [-0.15, -0.1) is 0 Å². The number of halogens is 6. The molecule has 1 N–H and O–H groups in total. The van der Waals surface area contributed by atoms with Crippen LogP contribution in [0.15, 0.2) is 72.8 Å². The van der Waals surface area contributed by atoms with E-state index in [1.165, 1.54) is 13.2 Å². The van der Waals surface area contributed by atoms with E-state index >= 15 is 0 Å². The minimum atomic E-state index is -4.69. The van der Waals surface area contributed by atoms with Crippen LogP contribution < -0.4 is 10.1 Å². The molecule has 0 amide bonds. The van der Waals surface area contributed by atoms with Gasteiger partial charge in [-0.2, -0.15) is 41.3 Å². The lowest BCUT2D eigenvalue weighted by Crippen LogP contribution is -2.20. The van der Waals surface area contributed by atoms with Crippen molar-refractivity contribution in [2.75, 3.05) is 19.0 Å². The molecular weight excluding hydrogens is 530 g/mol. The fourth-order valence-corrected chi connectivity index (χ4v) is 3.44. The molecule has 0 radical (unpaired) electrons. The van der Waals surface area contributed by atoms with E-state index < -0.39 is 36.5 Å². The predicted octanol–water partition coefficient (Wildman–Crippen LogP) is 6.70. The van der Waals surface area contributed by atoms with Crippen LogP contribution in [0.2, 0.25) is 0 Å². The molecule has 4 rings (SSSR count). The Bertz CT molecular complexity index is 1490. The Balaban J connectivity index is 1.73. The van der Waals surface area contributed by atoms with Crippen molar-refractivity contribution in [3.05, 3.63) is 83.9 Å². The fraction of sp³-hybridized carbons (Fsp3) is 0.154. The average Bonchev–Trinajstić information content (AvgIpc) is 2.91. The molecule has 1 aromatic heterocycles. The number of anilines is 2. The first-order chi connectivity index (χ1) is 18.4. The van der Waals surface area contributed by atoms with Gasteiger partial charge in [-0.05, 0) is 47.5 Å². The average molecular weight is 548 g/mol. The van der Waals surface area contributed by atoms with Crippen molar-refractivity contribution >= 4 is 17.6 Å². The summed E-state index contributed by atoms with van der Waals surface area (Å²) in [4.78, 5) is 23.8. The number of ether oxygens (including phenoxy) is 2. The van der Waals surface area contributed by atoms with E-state index in [1.54, 1.807) is 48.5 Å². The Kier molecular flexibility index (Phi) is 7.70. The van der Waals surface area contributed by atoms with Gasteiger partial charge in [0.15, 0.2) is 12.4 Å². The number of benzene rings is 3. The molecule has 39 heavy (non-hydrogen) atoms. The molecule has 0 fully saturated rings. The maximum atomic E-state index is 13.1. The van der Waals surface area contributed by atoms with Gasteiger partial charge in [-0.25, -0.2) is 4.79 Å². The second kappa shape index (κ2) is 11.0. The third-order valence-electron chi connectivity index (χ3n) is 5.16. The first-order valence-electron chi connectivity index (χ1n) is 11.1. The number of esters is 1. The van der Waals surface area contributed by atoms with E-state index in [1.807, 2.05) is 0 Å². The van der Waals surface area contributed by atoms with Crippen LogP contribution in [0.1, 0.15) is 15.9 Å². The van der Waals surface area contributed by atoms with Crippen LogP contribution in [0, 0.1) is 0 Å². The van der Waals surface area contributed by atoms with Crippen LogP contribution in [-0.2, 0) is 10.9 Å². The topological polar surface area (TPSA) is 86.2 Å². The largest absolute Gasteiger partial charge is 0.465 e. The molecule has 0 aliphatic heterocycles. The standard InChI is InChI=1S/C26H18F6N4O3/c1-38-22(37)18-8-3-6-16(12-18)15-5-2-7-17(11-15)21-34-23(36-24(35-21)39-14-25(27,28)29)33-20-10-4-9-19(13-20)26(30,31)32/h2-13H,14H2,1H3,(H,33,34,35,36). The van der Waals surface area contributed by atoms with Crippen LogP contribution in [0.25, 0.3) is 22.5 Å². The third-order valence-corrected chi connectivity index (χ3v) is 5.16. The molecule has 1 heterocycles. The summed E-state index contributed by atoms with van der Waals surface area (Å²) < 4.78 is 87.1. The number of alkyl halides is 6. The van der Waals surface area contributed by atoms with E-state index in [2.05, 4.69) is 20.3 Å². The summed E-state index contributed by atoms with van der Waals surface area (Å²) in [6.45, 7) is -1.69. The second-order valence-electron chi connectivity index (χ2n) is 8.03. The maximum Gasteiger partial charge on any atom is 0.422 e.